The Morgan fingerprint density at radius 2 is 2.00 bits per heavy atom. The van der Waals surface area contributed by atoms with Crippen molar-refractivity contribution < 1.29 is 9.50 Å². The highest BCUT2D eigenvalue weighted by Gasteiger charge is 2.24. The molecule has 29 heavy (non-hydrogen) atoms. The molecule has 3 N–H and O–H groups in total. The molecular formula is C20H32FIN6O. The second-order valence-electron chi connectivity index (χ2n) is 7.16. The lowest BCUT2D eigenvalue weighted by Crippen LogP contribution is -2.41. The molecule has 1 aromatic heterocycles. The van der Waals surface area contributed by atoms with Crippen LogP contribution < -0.4 is 10.6 Å². The van der Waals surface area contributed by atoms with Gasteiger partial charge in [0.2, 0.25) is 0 Å². The van der Waals surface area contributed by atoms with E-state index in [2.05, 4.69) is 25.6 Å². The third-order valence-electron chi connectivity index (χ3n) is 4.37. The molecule has 0 aliphatic heterocycles. The van der Waals surface area contributed by atoms with E-state index in [4.69, 9.17) is 0 Å². The van der Waals surface area contributed by atoms with Crippen LogP contribution in [0.3, 0.4) is 0 Å². The molecule has 9 heteroatoms. The number of aliphatic hydroxyl groups is 1. The van der Waals surface area contributed by atoms with Gasteiger partial charge in [0.25, 0.3) is 0 Å². The van der Waals surface area contributed by atoms with E-state index in [-0.39, 0.29) is 36.3 Å². The summed E-state index contributed by atoms with van der Waals surface area (Å²) < 4.78 is 14.6. The summed E-state index contributed by atoms with van der Waals surface area (Å²) in [6.07, 6.45) is 3.45. The van der Waals surface area contributed by atoms with E-state index in [1.54, 1.807) is 36.1 Å². The quantitative estimate of drug-likeness (QED) is 0.269. The monoisotopic (exact) mass is 518 g/mol. The lowest BCUT2D eigenvalue weighted by molar-refractivity contribution is 0.0671. The minimum Gasteiger partial charge on any atom is -0.383 e. The Bertz CT molecular complexity index is 763. The van der Waals surface area contributed by atoms with Gasteiger partial charge in [-0.25, -0.2) is 9.38 Å². The summed E-state index contributed by atoms with van der Waals surface area (Å²) in [5.41, 5.74) is 0.710. The Labute approximate surface area is 189 Å². The molecule has 0 saturated heterocycles. The van der Waals surface area contributed by atoms with Crippen molar-refractivity contribution in [2.24, 2.45) is 12.0 Å². The summed E-state index contributed by atoms with van der Waals surface area (Å²) >= 11 is 0. The number of hydrogen-bond donors (Lipinski definition) is 3. The number of hydrogen-bond acceptors (Lipinski definition) is 4. The summed E-state index contributed by atoms with van der Waals surface area (Å²) in [4.78, 5) is 6.66. The lowest BCUT2D eigenvalue weighted by atomic mass is 10.0. The second kappa shape index (κ2) is 12.1. The predicted molar refractivity (Wildman–Crippen MR) is 125 cm³/mol. The van der Waals surface area contributed by atoms with E-state index in [0.29, 0.717) is 12.5 Å². The molecule has 0 saturated carbocycles. The predicted octanol–water partition coefficient (Wildman–Crippen LogP) is 2.07. The summed E-state index contributed by atoms with van der Waals surface area (Å²) in [5.74, 6) is 0.434. The zero-order valence-corrected chi connectivity index (χ0v) is 19.9. The first-order chi connectivity index (χ1) is 13.3. The molecule has 0 radical (unpaired) electrons. The zero-order chi connectivity index (χ0) is 20.6. The molecule has 2 aromatic rings. The van der Waals surface area contributed by atoms with Crippen molar-refractivity contribution in [3.8, 4) is 0 Å². The van der Waals surface area contributed by atoms with Crippen molar-refractivity contribution in [2.45, 2.75) is 26.0 Å². The highest BCUT2D eigenvalue weighted by Crippen LogP contribution is 2.19. The normalized spacial score (nSPS) is 13.7. The minimum atomic E-state index is -1.09. The Hall–Kier alpha value is -1.72. The van der Waals surface area contributed by atoms with E-state index < -0.39 is 5.60 Å². The number of likely N-dealkylation sites (N-methyl/N-ethyl adjacent to an activating group) is 1. The standard InChI is InChI=1S/C20H31FN6O.HI/c1-5-22-19(24-15-20(2,28)17-12-25-27(4)14-17)23-10-11-26(3)13-16-6-8-18(21)9-7-16;/h6-9,12,14,28H,5,10-11,13,15H2,1-4H3,(H2,22,23,24);1H. The Balaban J connectivity index is 0.00000420. The third kappa shape index (κ3) is 8.67. The van der Waals surface area contributed by atoms with Gasteiger partial charge < -0.3 is 20.6 Å². The molecule has 1 unspecified atom stereocenters. The van der Waals surface area contributed by atoms with Crippen LogP contribution >= 0.6 is 24.0 Å². The van der Waals surface area contributed by atoms with Crippen molar-refractivity contribution >= 4 is 29.9 Å². The lowest BCUT2D eigenvalue weighted by Gasteiger charge is -2.21. The van der Waals surface area contributed by atoms with Gasteiger partial charge in [0.15, 0.2) is 5.96 Å². The topological polar surface area (TPSA) is 77.7 Å². The van der Waals surface area contributed by atoms with Crippen LogP contribution in [0.15, 0.2) is 41.7 Å². The van der Waals surface area contributed by atoms with Gasteiger partial charge in [-0.2, -0.15) is 5.10 Å². The first-order valence-corrected chi connectivity index (χ1v) is 9.47. The number of aliphatic imine (C=N–C) groups is 1. The fraction of sp³-hybridized carbons (Fsp3) is 0.500. The Morgan fingerprint density at radius 3 is 2.59 bits per heavy atom. The van der Waals surface area contributed by atoms with Gasteiger partial charge >= 0.3 is 0 Å². The minimum absolute atomic E-state index is 0. The molecule has 1 aromatic carbocycles. The van der Waals surface area contributed by atoms with Crippen LogP contribution in [0, 0.1) is 5.82 Å². The maximum atomic E-state index is 13.0. The summed E-state index contributed by atoms with van der Waals surface area (Å²) in [5, 5.41) is 21.2. The molecule has 0 spiro atoms. The van der Waals surface area contributed by atoms with Crippen molar-refractivity contribution in [2.75, 3.05) is 33.2 Å². The summed E-state index contributed by atoms with van der Waals surface area (Å²) in [6.45, 7) is 6.90. The van der Waals surface area contributed by atoms with Gasteiger partial charge in [-0.3, -0.25) is 4.68 Å². The molecule has 1 atom stereocenters. The van der Waals surface area contributed by atoms with Crippen molar-refractivity contribution in [3.63, 3.8) is 0 Å². The third-order valence-corrected chi connectivity index (χ3v) is 4.37. The van der Waals surface area contributed by atoms with Crippen molar-refractivity contribution in [1.29, 1.82) is 0 Å². The highest BCUT2D eigenvalue weighted by molar-refractivity contribution is 14.0. The molecule has 0 amide bonds. The van der Waals surface area contributed by atoms with Gasteiger partial charge in [0.1, 0.15) is 11.4 Å². The van der Waals surface area contributed by atoms with E-state index in [9.17, 15) is 9.50 Å². The van der Waals surface area contributed by atoms with Crippen LogP contribution in [0.2, 0.25) is 0 Å². The van der Waals surface area contributed by atoms with Crippen LogP contribution in [-0.4, -0.2) is 59.0 Å². The van der Waals surface area contributed by atoms with Crippen LogP contribution in [0.25, 0.3) is 0 Å². The molecular weight excluding hydrogens is 486 g/mol. The number of guanidine groups is 1. The highest BCUT2D eigenvalue weighted by atomic mass is 127. The SMILES string of the molecule is CCNC(=NCC(C)(O)c1cnn(C)c1)NCCN(C)Cc1ccc(F)cc1.I. The van der Waals surface area contributed by atoms with E-state index in [1.807, 2.05) is 21.0 Å². The Morgan fingerprint density at radius 1 is 1.31 bits per heavy atom. The number of rotatable bonds is 9. The molecule has 0 aliphatic rings. The van der Waals surface area contributed by atoms with Gasteiger partial charge in [0, 0.05) is 45.0 Å². The molecule has 0 aliphatic carbocycles. The van der Waals surface area contributed by atoms with Gasteiger partial charge in [-0.05, 0) is 38.6 Å². The average molecular weight is 518 g/mol. The number of aryl methyl sites for hydroxylation is 1. The molecule has 2 rings (SSSR count). The second-order valence-corrected chi connectivity index (χ2v) is 7.16. The first kappa shape index (κ1) is 25.3. The van der Waals surface area contributed by atoms with Crippen molar-refractivity contribution in [3.05, 3.63) is 53.6 Å². The van der Waals surface area contributed by atoms with Crippen LogP contribution in [0.5, 0.6) is 0 Å². The van der Waals surface area contributed by atoms with Gasteiger partial charge in [0.05, 0.1) is 12.7 Å². The molecule has 162 valence electrons. The summed E-state index contributed by atoms with van der Waals surface area (Å²) in [6, 6.07) is 6.55. The summed E-state index contributed by atoms with van der Waals surface area (Å²) in [7, 11) is 3.83. The fourth-order valence-corrected chi connectivity index (χ4v) is 2.71. The molecule has 0 fully saturated rings. The number of benzene rings is 1. The fourth-order valence-electron chi connectivity index (χ4n) is 2.71. The first-order valence-electron chi connectivity index (χ1n) is 9.47. The van der Waals surface area contributed by atoms with E-state index >= 15 is 0 Å². The van der Waals surface area contributed by atoms with Gasteiger partial charge in [-0.15, -0.1) is 24.0 Å². The number of nitrogens with one attached hydrogen (secondary N) is 2. The van der Waals surface area contributed by atoms with E-state index in [1.165, 1.54) is 12.1 Å². The number of halogens is 2. The largest absolute Gasteiger partial charge is 0.383 e. The molecule has 1 heterocycles. The maximum Gasteiger partial charge on any atom is 0.191 e. The smallest absolute Gasteiger partial charge is 0.191 e. The number of nitrogens with zero attached hydrogens (tertiary/aromatic N) is 4. The molecule has 7 nitrogen and oxygen atoms in total. The Kier molecular flexibility index (Phi) is 10.5. The maximum absolute atomic E-state index is 13.0. The van der Waals surface area contributed by atoms with Crippen LogP contribution in [-0.2, 0) is 19.2 Å². The van der Waals surface area contributed by atoms with Gasteiger partial charge in [-0.1, -0.05) is 12.1 Å². The van der Waals surface area contributed by atoms with Crippen molar-refractivity contribution in [1.82, 2.24) is 25.3 Å². The zero-order valence-electron chi connectivity index (χ0n) is 17.5. The van der Waals surface area contributed by atoms with Crippen LogP contribution in [0.1, 0.15) is 25.0 Å². The van der Waals surface area contributed by atoms with Crippen LogP contribution in [0.4, 0.5) is 4.39 Å². The van der Waals surface area contributed by atoms with E-state index in [0.717, 1.165) is 30.8 Å². The molecule has 0 bridgehead atoms. The number of aromatic nitrogens is 2. The average Bonchev–Trinajstić information content (AvgIpc) is 3.09.